The number of nitrogens with zero attached hydrogens (tertiary/aromatic N) is 3. The minimum absolute atomic E-state index is 0.0893. The van der Waals surface area contributed by atoms with Crippen molar-refractivity contribution < 1.29 is 9.53 Å². The van der Waals surface area contributed by atoms with Gasteiger partial charge in [-0.05, 0) is 36.8 Å². The molecule has 1 aromatic carbocycles. The molecule has 0 saturated heterocycles. The zero-order valence-electron chi connectivity index (χ0n) is 14.9. The van der Waals surface area contributed by atoms with Crippen LogP contribution in [0.3, 0.4) is 0 Å². The molecule has 6 nitrogen and oxygen atoms in total. The Kier molecular flexibility index (Phi) is 5.95. The van der Waals surface area contributed by atoms with E-state index >= 15 is 0 Å². The Balaban J connectivity index is 1.59. The number of hydrogen-bond acceptors (Lipinski definition) is 6. The highest BCUT2D eigenvalue weighted by Crippen LogP contribution is 2.27. The van der Waals surface area contributed by atoms with Crippen LogP contribution in [0.1, 0.15) is 11.8 Å². The quantitative estimate of drug-likeness (QED) is 0.623. The lowest BCUT2D eigenvalue weighted by molar-refractivity contribution is -0.113. The first kappa shape index (κ1) is 18.5. The first-order chi connectivity index (χ1) is 12.6. The van der Waals surface area contributed by atoms with Crippen LogP contribution >= 0.6 is 23.1 Å². The summed E-state index contributed by atoms with van der Waals surface area (Å²) in [6.45, 7) is 2.13. The van der Waals surface area contributed by atoms with Crippen LogP contribution in [0.4, 0.5) is 5.69 Å². The fourth-order valence-corrected chi connectivity index (χ4v) is 3.90. The van der Waals surface area contributed by atoms with Gasteiger partial charge in [-0.25, -0.2) is 0 Å². The van der Waals surface area contributed by atoms with Gasteiger partial charge in [-0.2, -0.15) is 0 Å². The third-order valence-electron chi connectivity index (χ3n) is 3.80. The van der Waals surface area contributed by atoms with E-state index in [2.05, 4.69) is 33.9 Å². The fraction of sp³-hybridized carbons (Fsp3) is 0.278. The van der Waals surface area contributed by atoms with Gasteiger partial charge in [-0.1, -0.05) is 18.7 Å². The number of nitrogens with one attached hydrogen (secondary N) is 1. The minimum atomic E-state index is -0.0893. The number of anilines is 1. The number of aryl methyl sites for hydroxylation is 1. The Hall–Kier alpha value is -2.32. The van der Waals surface area contributed by atoms with Crippen molar-refractivity contribution in [3.8, 4) is 17.1 Å². The van der Waals surface area contributed by atoms with E-state index in [1.54, 1.807) is 18.4 Å². The maximum atomic E-state index is 12.2. The molecule has 3 aromatic rings. The van der Waals surface area contributed by atoms with Crippen molar-refractivity contribution >= 4 is 34.7 Å². The lowest BCUT2D eigenvalue weighted by atomic mass is 10.2. The molecule has 0 atom stereocenters. The number of benzene rings is 1. The number of rotatable bonds is 7. The number of aromatic nitrogens is 3. The van der Waals surface area contributed by atoms with Crippen LogP contribution in [0.25, 0.3) is 11.4 Å². The highest BCUT2D eigenvalue weighted by Gasteiger charge is 2.14. The molecule has 8 heteroatoms. The molecular formula is C18H20N4O2S2. The van der Waals surface area contributed by atoms with Crippen LogP contribution in [0, 0.1) is 0 Å². The third kappa shape index (κ3) is 4.25. The molecule has 2 heterocycles. The van der Waals surface area contributed by atoms with Crippen molar-refractivity contribution in [1.82, 2.24) is 14.8 Å². The maximum absolute atomic E-state index is 12.2. The molecule has 0 saturated carbocycles. The molecule has 0 bridgehead atoms. The summed E-state index contributed by atoms with van der Waals surface area (Å²) in [5.41, 5.74) is 1.80. The molecule has 0 radical (unpaired) electrons. The van der Waals surface area contributed by atoms with Gasteiger partial charge in [0, 0.05) is 28.6 Å². The van der Waals surface area contributed by atoms with Crippen LogP contribution < -0.4 is 10.1 Å². The molecule has 136 valence electrons. The Labute approximate surface area is 160 Å². The normalized spacial score (nSPS) is 10.7. The number of carbonyl (C=O) groups is 1. The highest BCUT2D eigenvalue weighted by molar-refractivity contribution is 7.99. The van der Waals surface area contributed by atoms with Crippen LogP contribution in [-0.4, -0.2) is 33.5 Å². The lowest BCUT2D eigenvalue weighted by Gasteiger charge is -2.06. The van der Waals surface area contributed by atoms with E-state index < -0.39 is 0 Å². The first-order valence-corrected chi connectivity index (χ1v) is 10.0. The van der Waals surface area contributed by atoms with Crippen molar-refractivity contribution in [3.63, 3.8) is 0 Å². The summed E-state index contributed by atoms with van der Waals surface area (Å²) >= 11 is 3.09. The van der Waals surface area contributed by atoms with Crippen LogP contribution in [-0.2, 0) is 18.3 Å². The second-order valence-corrected chi connectivity index (χ2v) is 7.52. The van der Waals surface area contributed by atoms with E-state index in [-0.39, 0.29) is 11.7 Å². The summed E-state index contributed by atoms with van der Waals surface area (Å²) in [7, 11) is 3.53. The molecule has 1 N–H and O–H groups in total. The summed E-state index contributed by atoms with van der Waals surface area (Å²) in [5, 5.41) is 14.1. The smallest absolute Gasteiger partial charge is 0.234 e. The largest absolute Gasteiger partial charge is 0.497 e. The number of ether oxygens (including phenoxy) is 1. The zero-order valence-corrected chi connectivity index (χ0v) is 16.5. The van der Waals surface area contributed by atoms with Crippen molar-refractivity contribution in [2.24, 2.45) is 7.05 Å². The molecule has 0 unspecified atom stereocenters. The summed E-state index contributed by atoms with van der Waals surface area (Å²) in [6, 6.07) is 9.37. The van der Waals surface area contributed by atoms with E-state index in [9.17, 15) is 4.79 Å². The molecule has 26 heavy (non-hydrogen) atoms. The fourth-order valence-electron chi connectivity index (χ4n) is 2.38. The SMILES string of the molecule is CCc1cc(-c2nnc(SCC(=O)Nc3ccc(OC)cc3)n2C)cs1. The van der Waals surface area contributed by atoms with E-state index in [4.69, 9.17) is 4.74 Å². The van der Waals surface area contributed by atoms with Crippen LogP contribution in [0.2, 0.25) is 0 Å². The molecule has 3 rings (SSSR count). The number of thiophene rings is 1. The molecule has 0 aliphatic heterocycles. The number of carbonyl (C=O) groups excluding carboxylic acids is 1. The molecule has 0 spiro atoms. The number of thioether (sulfide) groups is 1. The standard InChI is InChI=1S/C18H20N4O2S2/c1-4-15-9-12(10-25-15)17-20-21-18(22(17)2)26-11-16(23)19-13-5-7-14(24-3)8-6-13/h5-10H,4,11H2,1-3H3,(H,19,23). The number of methoxy groups -OCH3 is 1. The maximum Gasteiger partial charge on any atom is 0.234 e. The predicted molar refractivity (Wildman–Crippen MR) is 106 cm³/mol. The Bertz CT molecular complexity index is 887. The Morgan fingerprint density at radius 3 is 2.73 bits per heavy atom. The minimum Gasteiger partial charge on any atom is -0.497 e. The van der Waals surface area contributed by atoms with Gasteiger partial charge >= 0.3 is 0 Å². The van der Waals surface area contributed by atoms with Gasteiger partial charge in [-0.3, -0.25) is 4.79 Å². The molecule has 0 aliphatic carbocycles. The van der Waals surface area contributed by atoms with Crippen LogP contribution in [0.5, 0.6) is 5.75 Å². The molecule has 2 aromatic heterocycles. The van der Waals surface area contributed by atoms with Gasteiger partial charge in [0.2, 0.25) is 5.91 Å². The molecular weight excluding hydrogens is 368 g/mol. The van der Waals surface area contributed by atoms with Crippen molar-refractivity contribution in [2.75, 3.05) is 18.2 Å². The number of amides is 1. The van der Waals surface area contributed by atoms with E-state index in [0.29, 0.717) is 5.16 Å². The summed E-state index contributed by atoms with van der Waals surface area (Å²) in [6.07, 6.45) is 1.01. The Morgan fingerprint density at radius 1 is 1.31 bits per heavy atom. The molecule has 0 fully saturated rings. The zero-order chi connectivity index (χ0) is 18.5. The average molecular weight is 389 g/mol. The number of hydrogen-bond donors (Lipinski definition) is 1. The topological polar surface area (TPSA) is 69.0 Å². The summed E-state index contributed by atoms with van der Waals surface area (Å²) < 4.78 is 7.03. The van der Waals surface area contributed by atoms with Gasteiger partial charge in [0.05, 0.1) is 12.9 Å². The van der Waals surface area contributed by atoms with Gasteiger partial charge in [0.15, 0.2) is 11.0 Å². The van der Waals surface area contributed by atoms with Crippen molar-refractivity contribution in [3.05, 3.63) is 40.6 Å². The van der Waals surface area contributed by atoms with E-state index in [1.165, 1.54) is 16.6 Å². The van der Waals surface area contributed by atoms with Gasteiger partial charge in [0.1, 0.15) is 5.75 Å². The lowest BCUT2D eigenvalue weighted by Crippen LogP contribution is -2.14. The van der Waals surface area contributed by atoms with E-state index in [0.717, 1.165) is 29.2 Å². The second-order valence-electron chi connectivity index (χ2n) is 5.59. The van der Waals surface area contributed by atoms with Gasteiger partial charge in [-0.15, -0.1) is 21.5 Å². The Morgan fingerprint density at radius 2 is 2.08 bits per heavy atom. The average Bonchev–Trinajstić information content (AvgIpc) is 3.27. The highest BCUT2D eigenvalue weighted by atomic mass is 32.2. The summed E-state index contributed by atoms with van der Waals surface area (Å²) in [4.78, 5) is 13.5. The molecule has 1 amide bonds. The predicted octanol–water partition coefficient (Wildman–Crippen LogP) is 3.85. The van der Waals surface area contributed by atoms with Crippen molar-refractivity contribution in [2.45, 2.75) is 18.5 Å². The third-order valence-corrected chi connectivity index (χ3v) is 5.90. The van der Waals surface area contributed by atoms with Crippen LogP contribution in [0.15, 0.2) is 40.9 Å². The van der Waals surface area contributed by atoms with Crippen molar-refractivity contribution in [1.29, 1.82) is 0 Å². The van der Waals surface area contributed by atoms with E-state index in [1.807, 2.05) is 35.9 Å². The van der Waals surface area contributed by atoms with Gasteiger partial charge < -0.3 is 14.6 Å². The van der Waals surface area contributed by atoms with Gasteiger partial charge in [0.25, 0.3) is 0 Å². The molecule has 0 aliphatic rings. The monoisotopic (exact) mass is 388 g/mol. The first-order valence-electron chi connectivity index (χ1n) is 8.14. The second kappa shape index (κ2) is 8.37. The summed E-state index contributed by atoms with van der Waals surface area (Å²) in [5.74, 6) is 1.75.